The van der Waals surface area contributed by atoms with Crippen LogP contribution in [0.25, 0.3) is 17.0 Å². The molecule has 100 valence electrons. The molecule has 2 aromatic rings. The highest BCUT2D eigenvalue weighted by Gasteiger charge is 2.02. The van der Waals surface area contributed by atoms with Gasteiger partial charge in [-0.05, 0) is 31.5 Å². The second-order valence-electron chi connectivity index (χ2n) is 5.40. The van der Waals surface area contributed by atoms with Gasteiger partial charge in [-0.1, -0.05) is 43.7 Å². The van der Waals surface area contributed by atoms with E-state index in [0.717, 1.165) is 17.8 Å². The molecule has 0 aliphatic carbocycles. The Balaban J connectivity index is 2.36. The van der Waals surface area contributed by atoms with Crippen LogP contribution >= 0.6 is 0 Å². The summed E-state index contributed by atoms with van der Waals surface area (Å²) >= 11 is 0. The minimum Gasteiger partial charge on any atom is -0.311 e. The van der Waals surface area contributed by atoms with Gasteiger partial charge in [-0.2, -0.15) is 0 Å². The van der Waals surface area contributed by atoms with Crippen LogP contribution in [0.4, 0.5) is 0 Å². The van der Waals surface area contributed by atoms with Crippen LogP contribution in [0, 0.1) is 6.92 Å². The molecule has 0 saturated heterocycles. The highest BCUT2D eigenvalue weighted by molar-refractivity contribution is 5.88. The molecule has 0 aliphatic rings. The highest BCUT2D eigenvalue weighted by Crippen LogP contribution is 2.20. The molecule has 2 heteroatoms. The van der Waals surface area contributed by atoms with Crippen molar-refractivity contribution < 1.29 is 0 Å². The molecule has 1 aromatic carbocycles. The Morgan fingerprint density at radius 2 is 2.05 bits per heavy atom. The van der Waals surface area contributed by atoms with Crippen LogP contribution in [0.15, 0.2) is 35.9 Å². The normalized spacial score (nSPS) is 12.4. The van der Waals surface area contributed by atoms with E-state index in [-0.39, 0.29) is 0 Å². The first kappa shape index (κ1) is 13.8. The van der Waals surface area contributed by atoms with Crippen LogP contribution in [-0.2, 0) is 0 Å². The van der Waals surface area contributed by atoms with Gasteiger partial charge < -0.3 is 5.32 Å². The number of rotatable bonds is 4. The zero-order valence-electron chi connectivity index (χ0n) is 12.2. The summed E-state index contributed by atoms with van der Waals surface area (Å²) < 4.78 is 0. The number of fused-ring (bicyclic) bond motifs is 1. The van der Waals surface area contributed by atoms with Gasteiger partial charge in [0.2, 0.25) is 0 Å². The van der Waals surface area contributed by atoms with E-state index < -0.39 is 0 Å². The van der Waals surface area contributed by atoms with E-state index in [9.17, 15) is 0 Å². The third kappa shape index (κ3) is 3.65. The summed E-state index contributed by atoms with van der Waals surface area (Å²) in [4.78, 5) is 4.57. The molecular formula is C17H22N2. The Bertz CT molecular complexity index is 597. The Morgan fingerprint density at radius 3 is 2.79 bits per heavy atom. The van der Waals surface area contributed by atoms with Crippen LogP contribution in [-0.4, -0.2) is 17.6 Å². The number of aryl methyl sites for hydroxylation is 1. The average molecular weight is 254 g/mol. The topological polar surface area (TPSA) is 24.9 Å². The molecule has 2 nitrogen and oxygen atoms in total. The average Bonchev–Trinajstić information content (AvgIpc) is 2.36. The quantitative estimate of drug-likeness (QED) is 0.893. The van der Waals surface area contributed by atoms with Gasteiger partial charge in [0.1, 0.15) is 0 Å². The molecule has 0 fully saturated rings. The smallest absolute Gasteiger partial charge is 0.0711 e. The first-order valence-electron chi connectivity index (χ1n) is 6.83. The molecule has 1 N–H and O–H groups in total. The van der Waals surface area contributed by atoms with Gasteiger partial charge in [-0.25, -0.2) is 0 Å². The molecule has 0 radical (unpaired) electrons. The number of pyridine rings is 1. The fraction of sp³-hybridized carbons (Fsp3) is 0.353. The van der Waals surface area contributed by atoms with Crippen molar-refractivity contribution in [2.75, 3.05) is 6.54 Å². The predicted molar refractivity (Wildman–Crippen MR) is 83.3 cm³/mol. The molecule has 0 amide bonds. The van der Waals surface area contributed by atoms with E-state index in [4.69, 9.17) is 0 Å². The summed E-state index contributed by atoms with van der Waals surface area (Å²) in [7, 11) is 0. The molecule has 0 bridgehead atoms. The molecule has 2 rings (SSSR count). The number of aromatic nitrogens is 1. The molecule has 1 heterocycles. The van der Waals surface area contributed by atoms with Crippen molar-refractivity contribution in [1.29, 1.82) is 0 Å². The van der Waals surface area contributed by atoms with E-state index in [1.165, 1.54) is 16.5 Å². The van der Waals surface area contributed by atoms with Gasteiger partial charge in [-0.15, -0.1) is 0 Å². The van der Waals surface area contributed by atoms with E-state index in [1.807, 2.05) is 13.0 Å². The number of hydrogen-bond acceptors (Lipinski definition) is 2. The van der Waals surface area contributed by atoms with Gasteiger partial charge >= 0.3 is 0 Å². The number of para-hydroxylation sites is 1. The van der Waals surface area contributed by atoms with E-state index >= 15 is 0 Å². The van der Waals surface area contributed by atoms with Crippen molar-refractivity contribution in [3.63, 3.8) is 0 Å². The molecule has 0 aliphatic heterocycles. The van der Waals surface area contributed by atoms with Crippen molar-refractivity contribution in [2.45, 2.75) is 33.7 Å². The third-order valence-corrected chi connectivity index (χ3v) is 3.07. The lowest BCUT2D eigenvalue weighted by molar-refractivity contribution is 0.623. The van der Waals surface area contributed by atoms with Crippen LogP contribution in [0.3, 0.4) is 0 Å². The molecule has 0 saturated carbocycles. The van der Waals surface area contributed by atoms with Gasteiger partial charge in [0.15, 0.2) is 0 Å². The SMILES string of the molecule is CC(=Cc1cc(C)nc2ccccc12)CNC(C)C. The Kier molecular flexibility index (Phi) is 4.33. The Labute approximate surface area is 115 Å². The molecule has 0 spiro atoms. The summed E-state index contributed by atoms with van der Waals surface area (Å²) in [6, 6.07) is 11.0. The Hall–Kier alpha value is -1.67. The lowest BCUT2D eigenvalue weighted by Gasteiger charge is -2.09. The second-order valence-corrected chi connectivity index (χ2v) is 5.40. The first-order valence-corrected chi connectivity index (χ1v) is 6.83. The first-order chi connectivity index (χ1) is 9.06. The van der Waals surface area contributed by atoms with Crippen LogP contribution in [0.2, 0.25) is 0 Å². The second kappa shape index (κ2) is 5.98. The summed E-state index contributed by atoms with van der Waals surface area (Å²) in [5.41, 5.74) is 4.73. The summed E-state index contributed by atoms with van der Waals surface area (Å²) in [5.74, 6) is 0. The molecule has 0 unspecified atom stereocenters. The molecule has 1 aromatic heterocycles. The lowest BCUT2D eigenvalue weighted by atomic mass is 10.1. The molecule has 0 atom stereocenters. The van der Waals surface area contributed by atoms with Crippen LogP contribution in [0.1, 0.15) is 32.0 Å². The Morgan fingerprint density at radius 1 is 1.32 bits per heavy atom. The van der Waals surface area contributed by atoms with Gasteiger partial charge in [0.25, 0.3) is 0 Å². The van der Waals surface area contributed by atoms with Crippen molar-refractivity contribution in [1.82, 2.24) is 10.3 Å². The number of nitrogens with one attached hydrogen (secondary N) is 1. The standard InChI is InChI=1S/C17H22N2/c1-12(2)18-11-13(3)9-15-10-14(4)19-17-8-6-5-7-16(15)17/h5-10,12,18H,11H2,1-4H3. The minimum atomic E-state index is 0.513. The molecular weight excluding hydrogens is 232 g/mol. The van der Waals surface area contributed by atoms with Crippen LogP contribution in [0.5, 0.6) is 0 Å². The highest BCUT2D eigenvalue weighted by atomic mass is 14.9. The van der Waals surface area contributed by atoms with Crippen molar-refractivity contribution in [2.24, 2.45) is 0 Å². The zero-order valence-corrected chi connectivity index (χ0v) is 12.2. The maximum Gasteiger partial charge on any atom is 0.0711 e. The third-order valence-electron chi connectivity index (χ3n) is 3.07. The minimum absolute atomic E-state index is 0.513. The maximum absolute atomic E-state index is 4.57. The number of benzene rings is 1. The van der Waals surface area contributed by atoms with E-state index in [1.54, 1.807) is 0 Å². The lowest BCUT2D eigenvalue weighted by Crippen LogP contribution is -2.24. The van der Waals surface area contributed by atoms with Crippen molar-refractivity contribution in [3.8, 4) is 0 Å². The number of nitrogens with zero attached hydrogens (tertiary/aromatic N) is 1. The number of hydrogen-bond donors (Lipinski definition) is 1. The largest absolute Gasteiger partial charge is 0.311 e. The maximum atomic E-state index is 4.57. The van der Waals surface area contributed by atoms with Crippen LogP contribution < -0.4 is 5.32 Å². The van der Waals surface area contributed by atoms with Crippen molar-refractivity contribution in [3.05, 3.63) is 47.2 Å². The van der Waals surface area contributed by atoms with E-state index in [2.05, 4.69) is 61.4 Å². The van der Waals surface area contributed by atoms with E-state index in [0.29, 0.717) is 6.04 Å². The predicted octanol–water partition coefficient (Wildman–Crippen LogP) is 3.94. The summed E-state index contributed by atoms with van der Waals surface area (Å²) in [6.45, 7) is 9.47. The van der Waals surface area contributed by atoms with Gasteiger partial charge in [-0.3, -0.25) is 4.98 Å². The van der Waals surface area contributed by atoms with Gasteiger partial charge in [0, 0.05) is 23.7 Å². The summed E-state index contributed by atoms with van der Waals surface area (Å²) in [5, 5.41) is 4.66. The summed E-state index contributed by atoms with van der Waals surface area (Å²) in [6.07, 6.45) is 2.26. The monoisotopic (exact) mass is 254 g/mol. The van der Waals surface area contributed by atoms with Gasteiger partial charge in [0.05, 0.1) is 5.52 Å². The fourth-order valence-corrected chi connectivity index (χ4v) is 2.14. The zero-order chi connectivity index (χ0) is 13.8. The van der Waals surface area contributed by atoms with Crippen molar-refractivity contribution >= 4 is 17.0 Å². The molecule has 19 heavy (non-hydrogen) atoms. The fourth-order valence-electron chi connectivity index (χ4n) is 2.14.